The molecule has 118 valence electrons. The van der Waals surface area contributed by atoms with Gasteiger partial charge in [0.1, 0.15) is 0 Å². The van der Waals surface area contributed by atoms with Crippen LogP contribution in [0.5, 0.6) is 0 Å². The fourth-order valence-electron chi connectivity index (χ4n) is 2.97. The summed E-state index contributed by atoms with van der Waals surface area (Å²) in [7, 11) is 0. The first-order chi connectivity index (χ1) is 11.0. The SMILES string of the molecule is Cc1c(C(=O)N2CCCc3cc(Br)ccc32)cccc1[N+](=O)[O-]. The van der Waals surface area contributed by atoms with E-state index in [4.69, 9.17) is 0 Å². The molecular formula is C17H15BrN2O3. The van der Waals surface area contributed by atoms with Crippen molar-refractivity contribution >= 4 is 33.2 Å². The van der Waals surface area contributed by atoms with E-state index in [2.05, 4.69) is 15.9 Å². The van der Waals surface area contributed by atoms with Crippen LogP contribution in [-0.2, 0) is 6.42 Å². The van der Waals surface area contributed by atoms with Gasteiger partial charge in [-0.2, -0.15) is 0 Å². The van der Waals surface area contributed by atoms with Gasteiger partial charge < -0.3 is 4.90 Å². The molecule has 2 aromatic rings. The largest absolute Gasteiger partial charge is 0.308 e. The third kappa shape index (κ3) is 2.86. The zero-order chi connectivity index (χ0) is 16.6. The summed E-state index contributed by atoms with van der Waals surface area (Å²) in [6, 6.07) is 10.5. The molecule has 0 radical (unpaired) electrons. The standard InChI is InChI=1S/C17H15BrN2O3/c1-11-14(5-2-6-15(11)20(22)23)17(21)19-9-3-4-12-10-13(18)7-8-16(12)19/h2,5-8,10H,3-4,9H2,1H3. The number of benzene rings is 2. The fourth-order valence-corrected chi connectivity index (χ4v) is 3.38. The molecule has 0 atom stereocenters. The van der Waals surface area contributed by atoms with Gasteiger partial charge in [-0.25, -0.2) is 0 Å². The van der Waals surface area contributed by atoms with Gasteiger partial charge in [0.2, 0.25) is 0 Å². The molecule has 1 aliphatic rings. The van der Waals surface area contributed by atoms with Crippen LogP contribution < -0.4 is 4.90 Å². The van der Waals surface area contributed by atoms with E-state index in [0.29, 0.717) is 17.7 Å². The summed E-state index contributed by atoms with van der Waals surface area (Å²) in [6.45, 7) is 2.24. The van der Waals surface area contributed by atoms with Gasteiger partial charge in [-0.05, 0) is 49.6 Å². The Bertz CT molecular complexity index is 804. The maximum Gasteiger partial charge on any atom is 0.273 e. The van der Waals surface area contributed by atoms with Crippen LogP contribution in [0.4, 0.5) is 11.4 Å². The van der Waals surface area contributed by atoms with Gasteiger partial charge >= 0.3 is 0 Å². The Labute approximate surface area is 142 Å². The maximum absolute atomic E-state index is 12.9. The van der Waals surface area contributed by atoms with Crippen molar-refractivity contribution in [3.63, 3.8) is 0 Å². The van der Waals surface area contributed by atoms with Crippen molar-refractivity contribution in [3.05, 3.63) is 67.7 Å². The van der Waals surface area contributed by atoms with Crippen molar-refractivity contribution in [2.75, 3.05) is 11.4 Å². The summed E-state index contributed by atoms with van der Waals surface area (Å²) in [5, 5.41) is 11.1. The summed E-state index contributed by atoms with van der Waals surface area (Å²) in [5.41, 5.74) is 2.77. The van der Waals surface area contributed by atoms with Crippen LogP contribution in [0.3, 0.4) is 0 Å². The molecule has 0 aliphatic carbocycles. The predicted octanol–water partition coefficient (Wildman–Crippen LogP) is 4.26. The molecule has 1 heterocycles. The molecule has 0 aromatic heterocycles. The lowest BCUT2D eigenvalue weighted by atomic mass is 9.99. The summed E-state index contributed by atoms with van der Waals surface area (Å²) < 4.78 is 0.983. The average molecular weight is 375 g/mol. The molecule has 0 N–H and O–H groups in total. The Morgan fingerprint density at radius 3 is 2.83 bits per heavy atom. The van der Waals surface area contributed by atoms with E-state index in [1.807, 2.05) is 18.2 Å². The van der Waals surface area contributed by atoms with Crippen LogP contribution in [0.1, 0.15) is 27.9 Å². The molecule has 3 rings (SSSR count). The van der Waals surface area contributed by atoms with Crippen LogP contribution in [0.15, 0.2) is 40.9 Å². The van der Waals surface area contributed by atoms with Crippen molar-refractivity contribution in [1.29, 1.82) is 0 Å². The summed E-state index contributed by atoms with van der Waals surface area (Å²) in [5.74, 6) is -0.186. The third-order valence-corrected chi connectivity index (χ3v) is 4.63. The molecule has 1 aliphatic heterocycles. The topological polar surface area (TPSA) is 63.5 Å². The lowest BCUT2D eigenvalue weighted by molar-refractivity contribution is -0.385. The normalized spacial score (nSPS) is 13.6. The second-order valence-electron chi connectivity index (χ2n) is 5.54. The van der Waals surface area contributed by atoms with Gasteiger partial charge in [0.15, 0.2) is 0 Å². The smallest absolute Gasteiger partial charge is 0.273 e. The first kappa shape index (κ1) is 15.7. The van der Waals surface area contributed by atoms with E-state index in [1.165, 1.54) is 6.07 Å². The predicted molar refractivity (Wildman–Crippen MR) is 92.0 cm³/mol. The number of amides is 1. The highest BCUT2D eigenvalue weighted by atomic mass is 79.9. The minimum Gasteiger partial charge on any atom is -0.308 e. The van der Waals surface area contributed by atoms with Crippen molar-refractivity contribution in [3.8, 4) is 0 Å². The first-order valence-electron chi connectivity index (χ1n) is 7.33. The number of carbonyl (C=O) groups is 1. The number of aryl methyl sites for hydroxylation is 1. The highest BCUT2D eigenvalue weighted by Crippen LogP contribution is 2.32. The molecule has 0 saturated heterocycles. The van der Waals surface area contributed by atoms with E-state index in [0.717, 1.165) is 28.6 Å². The quantitative estimate of drug-likeness (QED) is 0.582. The number of hydrogen-bond acceptors (Lipinski definition) is 3. The van der Waals surface area contributed by atoms with E-state index in [1.54, 1.807) is 24.0 Å². The first-order valence-corrected chi connectivity index (χ1v) is 8.12. The molecule has 0 unspecified atom stereocenters. The molecule has 23 heavy (non-hydrogen) atoms. The van der Waals surface area contributed by atoms with Gasteiger partial charge in [0.25, 0.3) is 11.6 Å². The van der Waals surface area contributed by atoms with Crippen molar-refractivity contribution < 1.29 is 9.72 Å². The zero-order valence-corrected chi connectivity index (χ0v) is 14.2. The molecular weight excluding hydrogens is 360 g/mol. The number of fused-ring (bicyclic) bond motifs is 1. The maximum atomic E-state index is 12.9. The molecule has 0 fully saturated rings. The molecule has 1 amide bonds. The van der Waals surface area contributed by atoms with Crippen molar-refractivity contribution in [2.24, 2.45) is 0 Å². The van der Waals surface area contributed by atoms with E-state index >= 15 is 0 Å². The Morgan fingerprint density at radius 1 is 1.30 bits per heavy atom. The Morgan fingerprint density at radius 2 is 2.09 bits per heavy atom. The second kappa shape index (κ2) is 6.12. The number of nitro groups is 1. The summed E-state index contributed by atoms with van der Waals surface area (Å²) in [6.07, 6.45) is 1.80. The highest BCUT2D eigenvalue weighted by molar-refractivity contribution is 9.10. The fraction of sp³-hybridized carbons (Fsp3) is 0.235. The van der Waals surface area contributed by atoms with Gasteiger partial charge in [-0.3, -0.25) is 14.9 Å². The van der Waals surface area contributed by atoms with Gasteiger partial charge in [-0.15, -0.1) is 0 Å². The minimum absolute atomic E-state index is 0.0242. The van der Waals surface area contributed by atoms with E-state index in [-0.39, 0.29) is 11.6 Å². The van der Waals surface area contributed by atoms with Gasteiger partial charge in [0.05, 0.1) is 4.92 Å². The van der Waals surface area contributed by atoms with E-state index in [9.17, 15) is 14.9 Å². The lowest BCUT2D eigenvalue weighted by Crippen LogP contribution is -2.35. The van der Waals surface area contributed by atoms with Gasteiger partial charge in [-0.1, -0.05) is 22.0 Å². The molecule has 6 heteroatoms. The van der Waals surface area contributed by atoms with Crippen LogP contribution in [-0.4, -0.2) is 17.4 Å². The summed E-state index contributed by atoms with van der Waals surface area (Å²) in [4.78, 5) is 25.3. The number of anilines is 1. The van der Waals surface area contributed by atoms with Crippen LogP contribution in [0.25, 0.3) is 0 Å². The summed E-state index contributed by atoms with van der Waals surface area (Å²) >= 11 is 3.45. The second-order valence-corrected chi connectivity index (χ2v) is 6.46. The number of rotatable bonds is 2. The Kier molecular flexibility index (Phi) is 4.17. The van der Waals surface area contributed by atoms with Crippen molar-refractivity contribution in [2.45, 2.75) is 19.8 Å². The van der Waals surface area contributed by atoms with Crippen LogP contribution in [0, 0.1) is 17.0 Å². The molecule has 2 aromatic carbocycles. The highest BCUT2D eigenvalue weighted by Gasteiger charge is 2.26. The Balaban J connectivity index is 2.03. The monoisotopic (exact) mass is 374 g/mol. The van der Waals surface area contributed by atoms with Crippen molar-refractivity contribution in [1.82, 2.24) is 0 Å². The van der Waals surface area contributed by atoms with Crippen LogP contribution >= 0.6 is 15.9 Å². The number of nitro benzene ring substituents is 1. The third-order valence-electron chi connectivity index (χ3n) is 4.14. The number of carbonyl (C=O) groups excluding carboxylic acids is 1. The Hall–Kier alpha value is -2.21. The van der Waals surface area contributed by atoms with E-state index < -0.39 is 4.92 Å². The molecule has 5 nitrogen and oxygen atoms in total. The number of hydrogen-bond donors (Lipinski definition) is 0. The zero-order valence-electron chi connectivity index (χ0n) is 12.6. The number of nitrogens with zero attached hydrogens (tertiary/aromatic N) is 2. The average Bonchev–Trinajstić information content (AvgIpc) is 2.53. The molecule has 0 saturated carbocycles. The van der Waals surface area contributed by atoms with Gasteiger partial charge in [0, 0.05) is 33.9 Å². The van der Waals surface area contributed by atoms with Crippen LogP contribution in [0.2, 0.25) is 0 Å². The molecule has 0 spiro atoms. The minimum atomic E-state index is -0.451. The number of halogens is 1. The lowest BCUT2D eigenvalue weighted by Gasteiger charge is -2.30. The molecule has 0 bridgehead atoms.